The lowest BCUT2D eigenvalue weighted by Crippen LogP contribution is -2.36. The van der Waals surface area contributed by atoms with Gasteiger partial charge in [0.25, 0.3) is 0 Å². The molecular formula is C11H23NO4. The number of hydrogen-bond donors (Lipinski definition) is 2. The number of esters is 1. The minimum absolute atomic E-state index is 0.112. The van der Waals surface area contributed by atoms with Crippen molar-refractivity contribution in [2.24, 2.45) is 0 Å². The van der Waals surface area contributed by atoms with Crippen molar-refractivity contribution in [2.45, 2.75) is 39.4 Å². The maximum Gasteiger partial charge on any atom is 0.319 e. The number of carbonyl (C=O) groups excluding carboxylic acids is 1. The fourth-order valence-electron chi connectivity index (χ4n) is 0.958. The number of hydrogen-bond acceptors (Lipinski definition) is 5. The minimum atomic E-state index is -0.617. The van der Waals surface area contributed by atoms with Crippen molar-refractivity contribution in [3.05, 3.63) is 0 Å². The van der Waals surface area contributed by atoms with Crippen LogP contribution in [0.4, 0.5) is 0 Å². The molecule has 0 radical (unpaired) electrons. The summed E-state index contributed by atoms with van der Waals surface area (Å²) in [6.07, 6.45) is -0.617. The van der Waals surface area contributed by atoms with Gasteiger partial charge in [0, 0.05) is 6.54 Å². The fraction of sp³-hybridized carbons (Fsp3) is 0.909. The Kier molecular flexibility index (Phi) is 7.29. The van der Waals surface area contributed by atoms with E-state index < -0.39 is 6.10 Å². The molecule has 0 aromatic rings. The third-order valence-electron chi connectivity index (χ3n) is 1.66. The van der Waals surface area contributed by atoms with Gasteiger partial charge in [-0.2, -0.15) is 0 Å². The summed E-state index contributed by atoms with van der Waals surface area (Å²) < 4.78 is 10.1. The molecule has 0 saturated heterocycles. The minimum Gasteiger partial charge on any atom is -0.465 e. The van der Waals surface area contributed by atoms with Crippen molar-refractivity contribution in [3.63, 3.8) is 0 Å². The SMILES string of the molecule is CCOC(=O)CNCC(O)COC(C)(C)C. The van der Waals surface area contributed by atoms with Crippen LogP contribution in [0.3, 0.4) is 0 Å². The fourth-order valence-corrected chi connectivity index (χ4v) is 0.958. The lowest BCUT2D eigenvalue weighted by molar-refractivity contribution is -0.142. The lowest BCUT2D eigenvalue weighted by atomic mass is 10.2. The summed E-state index contributed by atoms with van der Waals surface area (Å²) in [6.45, 7) is 8.57. The van der Waals surface area contributed by atoms with Gasteiger partial charge in [0.2, 0.25) is 0 Å². The molecule has 0 amide bonds. The molecule has 0 aromatic carbocycles. The van der Waals surface area contributed by atoms with Gasteiger partial charge in [-0.15, -0.1) is 0 Å². The Morgan fingerprint density at radius 1 is 1.44 bits per heavy atom. The van der Waals surface area contributed by atoms with E-state index in [0.29, 0.717) is 13.2 Å². The molecule has 16 heavy (non-hydrogen) atoms. The van der Waals surface area contributed by atoms with Gasteiger partial charge in [0.1, 0.15) is 0 Å². The van der Waals surface area contributed by atoms with E-state index in [1.165, 1.54) is 0 Å². The van der Waals surface area contributed by atoms with E-state index in [0.717, 1.165) is 0 Å². The molecule has 0 saturated carbocycles. The van der Waals surface area contributed by atoms with Crippen LogP contribution in [-0.2, 0) is 14.3 Å². The van der Waals surface area contributed by atoms with Crippen molar-refractivity contribution in [1.29, 1.82) is 0 Å². The zero-order valence-corrected chi connectivity index (χ0v) is 10.6. The number of aliphatic hydroxyl groups excluding tert-OH is 1. The zero-order chi connectivity index (χ0) is 12.6. The van der Waals surface area contributed by atoms with Crippen molar-refractivity contribution in [2.75, 3.05) is 26.3 Å². The maximum absolute atomic E-state index is 10.9. The lowest BCUT2D eigenvalue weighted by Gasteiger charge is -2.22. The molecule has 1 unspecified atom stereocenters. The molecule has 0 heterocycles. The van der Waals surface area contributed by atoms with Gasteiger partial charge in [-0.25, -0.2) is 0 Å². The summed E-state index contributed by atoms with van der Waals surface area (Å²) >= 11 is 0. The van der Waals surface area contributed by atoms with Gasteiger partial charge in [-0.05, 0) is 27.7 Å². The second-order valence-electron chi connectivity index (χ2n) is 4.51. The monoisotopic (exact) mass is 233 g/mol. The molecule has 0 bridgehead atoms. The largest absolute Gasteiger partial charge is 0.465 e. The van der Waals surface area contributed by atoms with E-state index in [9.17, 15) is 9.90 Å². The van der Waals surface area contributed by atoms with Crippen LogP contribution in [0.2, 0.25) is 0 Å². The van der Waals surface area contributed by atoms with Gasteiger partial charge >= 0.3 is 5.97 Å². The van der Waals surface area contributed by atoms with Crippen LogP contribution in [0.5, 0.6) is 0 Å². The molecule has 2 N–H and O–H groups in total. The Hall–Kier alpha value is -0.650. The van der Waals surface area contributed by atoms with Gasteiger partial charge < -0.3 is 19.9 Å². The molecule has 0 spiro atoms. The molecular weight excluding hydrogens is 210 g/mol. The van der Waals surface area contributed by atoms with E-state index in [-0.39, 0.29) is 24.7 Å². The molecule has 5 nitrogen and oxygen atoms in total. The highest BCUT2D eigenvalue weighted by Crippen LogP contribution is 2.06. The summed E-state index contributed by atoms with van der Waals surface area (Å²) in [5.41, 5.74) is -0.262. The molecule has 5 heteroatoms. The van der Waals surface area contributed by atoms with Gasteiger partial charge in [-0.1, -0.05) is 0 Å². The van der Waals surface area contributed by atoms with Crippen LogP contribution >= 0.6 is 0 Å². The molecule has 1 atom stereocenters. The summed E-state index contributed by atoms with van der Waals surface area (Å²) in [5, 5.41) is 12.3. The van der Waals surface area contributed by atoms with Crippen LogP contribution in [-0.4, -0.2) is 49.1 Å². The number of aliphatic hydroxyl groups is 1. The first-order chi connectivity index (χ1) is 7.35. The molecule has 0 fully saturated rings. The third kappa shape index (κ3) is 9.89. The average molecular weight is 233 g/mol. The molecule has 0 aliphatic heterocycles. The Balaban J connectivity index is 3.51. The van der Waals surface area contributed by atoms with E-state index in [1.54, 1.807) is 6.92 Å². The Morgan fingerprint density at radius 2 is 2.06 bits per heavy atom. The predicted octanol–water partition coefficient (Wildman–Crippen LogP) is 0.315. The second-order valence-corrected chi connectivity index (χ2v) is 4.51. The van der Waals surface area contributed by atoms with E-state index in [1.807, 2.05) is 20.8 Å². The highest BCUT2D eigenvalue weighted by atomic mass is 16.5. The van der Waals surface area contributed by atoms with Gasteiger partial charge in [0.05, 0.1) is 31.5 Å². The van der Waals surface area contributed by atoms with Crippen molar-refractivity contribution >= 4 is 5.97 Å². The van der Waals surface area contributed by atoms with Crippen LogP contribution in [0.25, 0.3) is 0 Å². The molecule has 0 rings (SSSR count). The van der Waals surface area contributed by atoms with Crippen LogP contribution in [0, 0.1) is 0 Å². The standard InChI is InChI=1S/C11H23NO4/c1-5-15-10(14)7-12-6-9(13)8-16-11(2,3)4/h9,12-13H,5-8H2,1-4H3. The first-order valence-corrected chi connectivity index (χ1v) is 5.53. The smallest absolute Gasteiger partial charge is 0.319 e. The molecule has 96 valence electrons. The first kappa shape index (κ1) is 15.3. The zero-order valence-electron chi connectivity index (χ0n) is 10.6. The molecule has 0 aromatic heterocycles. The topological polar surface area (TPSA) is 67.8 Å². The van der Waals surface area contributed by atoms with Gasteiger partial charge in [0.15, 0.2) is 0 Å². The van der Waals surface area contributed by atoms with Crippen molar-refractivity contribution < 1.29 is 19.4 Å². The van der Waals surface area contributed by atoms with Crippen molar-refractivity contribution in [1.82, 2.24) is 5.32 Å². The average Bonchev–Trinajstić information content (AvgIpc) is 2.14. The Morgan fingerprint density at radius 3 is 2.56 bits per heavy atom. The first-order valence-electron chi connectivity index (χ1n) is 5.53. The molecule has 0 aliphatic carbocycles. The highest BCUT2D eigenvalue weighted by molar-refractivity contribution is 5.71. The number of carbonyl (C=O) groups is 1. The maximum atomic E-state index is 10.9. The summed E-state index contributed by atoms with van der Waals surface area (Å²) in [4.78, 5) is 10.9. The van der Waals surface area contributed by atoms with Crippen molar-refractivity contribution in [3.8, 4) is 0 Å². The number of nitrogens with one attached hydrogen (secondary N) is 1. The predicted molar refractivity (Wildman–Crippen MR) is 61.2 cm³/mol. The van der Waals surface area contributed by atoms with Gasteiger partial charge in [-0.3, -0.25) is 4.79 Å². The van der Waals surface area contributed by atoms with Crippen LogP contribution in [0.15, 0.2) is 0 Å². The number of ether oxygens (including phenoxy) is 2. The van der Waals surface area contributed by atoms with E-state index in [4.69, 9.17) is 9.47 Å². The number of rotatable bonds is 7. The Bertz CT molecular complexity index is 201. The van der Waals surface area contributed by atoms with Crippen LogP contribution in [0.1, 0.15) is 27.7 Å². The second kappa shape index (κ2) is 7.60. The normalized spacial score (nSPS) is 13.6. The Labute approximate surface area is 97.1 Å². The third-order valence-corrected chi connectivity index (χ3v) is 1.66. The quantitative estimate of drug-likeness (QED) is 0.620. The van der Waals surface area contributed by atoms with Crippen LogP contribution < -0.4 is 5.32 Å². The summed E-state index contributed by atoms with van der Waals surface area (Å²) in [6, 6.07) is 0. The highest BCUT2D eigenvalue weighted by Gasteiger charge is 2.13. The van der Waals surface area contributed by atoms with E-state index >= 15 is 0 Å². The summed E-state index contributed by atoms with van der Waals surface area (Å²) in [7, 11) is 0. The summed E-state index contributed by atoms with van der Waals surface area (Å²) in [5.74, 6) is -0.313. The van der Waals surface area contributed by atoms with E-state index in [2.05, 4.69) is 5.32 Å². The molecule has 0 aliphatic rings.